The van der Waals surface area contributed by atoms with Gasteiger partial charge in [0.2, 0.25) is 0 Å². The smallest absolute Gasteiger partial charge is 0.138 e. The van der Waals surface area contributed by atoms with Crippen molar-refractivity contribution in [3.63, 3.8) is 0 Å². The summed E-state index contributed by atoms with van der Waals surface area (Å²) in [7, 11) is 1.00. The van der Waals surface area contributed by atoms with Crippen LogP contribution in [-0.2, 0) is 0 Å². The average Bonchev–Trinajstić information content (AvgIpc) is 2.04. The molecule has 0 heterocycles. The van der Waals surface area contributed by atoms with Crippen LogP contribution < -0.4 is 5.73 Å². The largest absolute Gasteiger partial charge is 0.506 e. The standard InChI is InChI=1S/C7H9NO.CH4O/c1-5-3-2-4-6(9)7(5)8;1-2/h2-4,9H,8H2,1H3;2H,1H3. The predicted molar refractivity (Wildman–Crippen MR) is 45.4 cm³/mol. The van der Waals surface area contributed by atoms with Gasteiger partial charge in [0.15, 0.2) is 0 Å². The van der Waals surface area contributed by atoms with Gasteiger partial charge in [-0.25, -0.2) is 0 Å². The Morgan fingerprint density at radius 2 is 1.82 bits per heavy atom. The average molecular weight is 155 g/mol. The lowest BCUT2D eigenvalue weighted by molar-refractivity contribution is 0.399. The van der Waals surface area contributed by atoms with Crippen LogP contribution in [0.2, 0.25) is 0 Å². The van der Waals surface area contributed by atoms with Gasteiger partial charge in [0, 0.05) is 7.11 Å². The summed E-state index contributed by atoms with van der Waals surface area (Å²) in [5.74, 6) is 0.162. The van der Waals surface area contributed by atoms with Gasteiger partial charge in [-0.1, -0.05) is 12.1 Å². The summed E-state index contributed by atoms with van der Waals surface area (Å²) in [6.45, 7) is 1.86. The third kappa shape index (κ3) is 2.47. The quantitative estimate of drug-likeness (QED) is 0.385. The van der Waals surface area contributed by atoms with Crippen LogP contribution in [0.4, 0.5) is 5.69 Å². The van der Waals surface area contributed by atoms with E-state index in [-0.39, 0.29) is 5.75 Å². The molecule has 4 N–H and O–H groups in total. The number of para-hydroxylation sites is 1. The predicted octanol–water partition coefficient (Wildman–Crippen LogP) is 0.891. The number of aliphatic hydroxyl groups is 1. The van der Waals surface area contributed by atoms with E-state index in [1.54, 1.807) is 12.1 Å². The first-order chi connectivity index (χ1) is 5.22. The zero-order valence-electron chi connectivity index (χ0n) is 6.70. The lowest BCUT2D eigenvalue weighted by Crippen LogP contribution is -1.88. The Morgan fingerprint density at radius 1 is 1.27 bits per heavy atom. The molecule has 0 aliphatic heterocycles. The van der Waals surface area contributed by atoms with E-state index < -0.39 is 0 Å². The highest BCUT2D eigenvalue weighted by Gasteiger charge is 1.95. The SMILES string of the molecule is CO.Cc1cccc(O)c1N. The van der Waals surface area contributed by atoms with E-state index in [0.717, 1.165) is 12.7 Å². The minimum absolute atomic E-state index is 0.162. The summed E-state index contributed by atoms with van der Waals surface area (Å²) >= 11 is 0. The van der Waals surface area contributed by atoms with Gasteiger partial charge < -0.3 is 15.9 Å². The van der Waals surface area contributed by atoms with E-state index in [4.69, 9.17) is 15.9 Å². The topological polar surface area (TPSA) is 66.5 Å². The monoisotopic (exact) mass is 155 g/mol. The third-order valence-corrected chi connectivity index (χ3v) is 1.30. The number of aryl methyl sites for hydroxylation is 1. The summed E-state index contributed by atoms with van der Waals surface area (Å²) in [6.07, 6.45) is 0. The molecule has 3 nitrogen and oxygen atoms in total. The maximum absolute atomic E-state index is 8.98. The molecular weight excluding hydrogens is 142 g/mol. The summed E-state index contributed by atoms with van der Waals surface area (Å²) < 4.78 is 0. The zero-order chi connectivity index (χ0) is 8.85. The number of benzene rings is 1. The Labute approximate surface area is 66.1 Å². The van der Waals surface area contributed by atoms with Crippen LogP contribution >= 0.6 is 0 Å². The van der Waals surface area contributed by atoms with Crippen LogP contribution in [0.25, 0.3) is 0 Å². The second kappa shape index (κ2) is 4.57. The minimum Gasteiger partial charge on any atom is -0.506 e. The lowest BCUT2D eigenvalue weighted by Gasteiger charge is -1.99. The molecule has 0 saturated carbocycles. The maximum atomic E-state index is 8.98. The minimum atomic E-state index is 0.162. The molecule has 0 bridgehead atoms. The Morgan fingerprint density at radius 3 is 2.18 bits per heavy atom. The van der Waals surface area contributed by atoms with Crippen molar-refractivity contribution in [3.05, 3.63) is 23.8 Å². The molecule has 11 heavy (non-hydrogen) atoms. The Bertz CT molecular complexity index is 203. The summed E-state index contributed by atoms with van der Waals surface area (Å²) in [4.78, 5) is 0. The molecule has 3 heteroatoms. The van der Waals surface area contributed by atoms with Crippen LogP contribution in [0.5, 0.6) is 5.75 Å². The molecular formula is C8H13NO2. The fourth-order valence-corrected chi connectivity index (χ4v) is 0.665. The number of nitrogen functional groups attached to an aromatic ring is 1. The van der Waals surface area contributed by atoms with E-state index in [1.807, 2.05) is 13.0 Å². The number of aromatic hydroxyl groups is 1. The van der Waals surface area contributed by atoms with Gasteiger partial charge >= 0.3 is 0 Å². The number of anilines is 1. The number of phenolic OH excluding ortho intramolecular Hbond substituents is 1. The number of rotatable bonds is 0. The highest BCUT2D eigenvalue weighted by atomic mass is 16.3. The van der Waals surface area contributed by atoms with E-state index in [0.29, 0.717) is 5.69 Å². The molecule has 0 aliphatic rings. The van der Waals surface area contributed by atoms with Gasteiger partial charge in [-0.15, -0.1) is 0 Å². The molecule has 0 aromatic heterocycles. The molecule has 0 amide bonds. The van der Waals surface area contributed by atoms with Crippen LogP contribution in [0.1, 0.15) is 5.56 Å². The first-order valence-corrected chi connectivity index (χ1v) is 3.20. The summed E-state index contributed by atoms with van der Waals surface area (Å²) in [6, 6.07) is 5.19. The van der Waals surface area contributed by atoms with Crippen molar-refractivity contribution in [1.82, 2.24) is 0 Å². The molecule has 0 atom stereocenters. The van der Waals surface area contributed by atoms with Gasteiger partial charge in [0.25, 0.3) is 0 Å². The zero-order valence-corrected chi connectivity index (χ0v) is 6.70. The molecule has 1 aromatic rings. The first kappa shape index (κ1) is 9.78. The lowest BCUT2D eigenvalue weighted by atomic mass is 10.2. The van der Waals surface area contributed by atoms with Crippen molar-refractivity contribution in [2.75, 3.05) is 12.8 Å². The number of nitrogens with two attached hydrogens (primary N) is 1. The molecule has 0 spiro atoms. The van der Waals surface area contributed by atoms with Gasteiger partial charge in [-0.05, 0) is 18.6 Å². The van der Waals surface area contributed by atoms with Crippen LogP contribution in [-0.4, -0.2) is 17.3 Å². The fourth-order valence-electron chi connectivity index (χ4n) is 0.665. The molecule has 1 aromatic carbocycles. The summed E-state index contributed by atoms with van der Waals surface area (Å²) in [5.41, 5.74) is 6.81. The van der Waals surface area contributed by atoms with Crippen LogP contribution in [0.3, 0.4) is 0 Å². The molecule has 0 saturated heterocycles. The van der Waals surface area contributed by atoms with E-state index in [1.165, 1.54) is 0 Å². The second-order valence-corrected chi connectivity index (χ2v) is 2.01. The number of aliphatic hydroxyl groups excluding tert-OH is 1. The number of phenols is 1. The van der Waals surface area contributed by atoms with Gasteiger partial charge in [0.1, 0.15) is 5.75 Å². The van der Waals surface area contributed by atoms with E-state index in [2.05, 4.69) is 0 Å². The van der Waals surface area contributed by atoms with Crippen molar-refractivity contribution in [1.29, 1.82) is 0 Å². The van der Waals surface area contributed by atoms with Crippen molar-refractivity contribution in [2.45, 2.75) is 6.92 Å². The molecule has 0 unspecified atom stereocenters. The van der Waals surface area contributed by atoms with Gasteiger partial charge in [-0.3, -0.25) is 0 Å². The highest BCUT2D eigenvalue weighted by Crippen LogP contribution is 2.21. The molecule has 62 valence electrons. The van der Waals surface area contributed by atoms with Gasteiger partial charge in [-0.2, -0.15) is 0 Å². The molecule has 0 aliphatic carbocycles. The molecule has 0 fully saturated rings. The van der Waals surface area contributed by atoms with Crippen molar-refractivity contribution >= 4 is 5.69 Å². The fraction of sp³-hybridized carbons (Fsp3) is 0.250. The van der Waals surface area contributed by atoms with Gasteiger partial charge in [0.05, 0.1) is 5.69 Å². The third-order valence-electron chi connectivity index (χ3n) is 1.30. The Hall–Kier alpha value is -1.22. The Kier molecular flexibility index (Phi) is 4.07. The summed E-state index contributed by atoms with van der Waals surface area (Å²) in [5, 5.41) is 16.0. The normalized spacial score (nSPS) is 8.27. The highest BCUT2D eigenvalue weighted by molar-refractivity contribution is 5.56. The molecule has 1 rings (SSSR count). The van der Waals surface area contributed by atoms with Crippen LogP contribution in [0, 0.1) is 6.92 Å². The van der Waals surface area contributed by atoms with Crippen LogP contribution in [0.15, 0.2) is 18.2 Å². The maximum Gasteiger partial charge on any atom is 0.138 e. The van der Waals surface area contributed by atoms with E-state index in [9.17, 15) is 0 Å². The van der Waals surface area contributed by atoms with Crippen molar-refractivity contribution < 1.29 is 10.2 Å². The van der Waals surface area contributed by atoms with Crippen molar-refractivity contribution in [2.24, 2.45) is 0 Å². The van der Waals surface area contributed by atoms with E-state index >= 15 is 0 Å². The number of hydrogen-bond donors (Lipinski definition) is 3. The second-order valence-electron chi connectivity index (χ2n) is 2.01. The number of hydrogen-bond acceptors (Lipinski definition) is 3. The first-order valence-electron chi connectivity index (χ1n) is 3.20. The molecule has 0 radical (unpaired) electrons. The van der Waals surface area contributed by atoms with Crippen molar-refractivity contribution in [3.8, 4) is 5.75 Å². The Balaban J connectivity index is 0.000000461.